The maximum atomic E-state index is 12.3. The average Bonchev–Trinajstić information content (AvgIpc) is 3.16. The lowest BCUT2D eigenvalue weighted by molar-refractivity contribution is 0.574. The van der Waals surface area contributed by atoms with Crippen LogP contribution in [0.5, 0.6) is 0 Å². The van der Waals surface area contributed by atoms with Crippen molar-refractivity contribution in [3.05, 3.63) is 59.3 Å². The van der Waals surface area contributed by atoms with Crippen LogP contribution in [0, 0.1) is 5.92 Å². The number of oxazole rings is 1. The van der Waals surface area contributed by atoms with Crippen LogP contribution in [0.4, 0.5) is 11.5 Å². The first kappa shape index (κ1) is 14.9. The fourth-order valence-corrected chi connectivity index (χ4v) is 3.11. The Morgan fingerprint density at radius 1 is 1.23 bits per heavy atom. The number of benzene rings is 1. The number of pyridine rings is 1. The third-order valence-corrected chi connectivity index (χ3v) is 4.63. The number of hydrogen-bond donors (Lipinski definition) is 2. The number of fused-ring (bicyclic) bond motifs is 1. The van der Waals surface area contributed by atoms with Crippen molar-refractivity contribution < 1.29 is 4.42 Å². The highest BCUT2D eigenvalue weighted by molar-refractivity contribution is 5.91. The van der Waals surface area contributed by atoms with Crippen molar-refractivity contribution >= 4 is 22.4 Å². The van der Waals surface area contributed by atoms with Gasteiger partial charge in [0.25, 0.3) is 5.56 Å². The normalized spacial score (nSPS) is 14.0. The summed E-state index contributed by atoms with van der Waals surface area (Å²) < 4.78 is 7.24. The number of aromatic amines is 1. The minimum atomic E-state index is -0.136. The highest BCUT2D eigenvalue weighted by Crippen LogP contribution is 2.32. The molecule has 4 aromatic rings. The number of hydrogen-bond acceptors (Lipinski definition) is 5. The van der Waals surface area contributed by atoms with E-state index < -0.39 is 0 Å². The molecule has 26 heavy (non-hydrogen) atoms. The van der Waals surface area contributed by atoms with Crippen molar-refractivity contribution in [2.24, 2.45) is 5.92 Å². The van der Waals surface area contributed by atoms with Gasteiger partial charge in [0.05, 0.1) is 11.7 Å². The van der Waals surface area contributed by atoms with Crippen molar-refractivity contribution in [2.75, 3.05) is 5.32 Å². The van der Waals surface area contributed by atoms with Gasteiger partial charge < -0.3 is 14.7 Å². The molecule has 0 amide bonds. The summed E-state index contributed by atoms with van der Waals surface area (Å²) in [4.78, 5) is 19.2. The number of rotatable bonds is 5. The number of aromatic nitrogens is 4. The smallest absolute Gasteiger partial charge is 0.261 e. The molecule has 1 aliphatic rings. The maximum Gasteiger partial charge on any atom is 0.261 e. The number of anilines is 2. The summed E-state index contributed by atoms with van der Waals surface area (Å²) in [5, 5.41) is 8.51. The number of nitrogens with one attached hydrogen (secondary N) is 2. The van der Waals surface area contributed by atoms with Gasteiger partial charge in [-0.05, 0) is 49.1 Å². The van der Waals surface area contributed by atoms with Gasteiger partial charge in [-0.15, -0.1) is 0 Å². The molecule has 0 unspecified atom stereocenters. The first-order valence-corrected chi connectivity index (χ1v) is 8.63. The van der Waals surface area contributed by atoms with Crippen molar-refractivity contribution in [3.63, 3.8) is 0 Å². The molecular formula is C19H17N5O2. The largest absolute Gasteiger partial charge is 0.445 e. The maximum absolute atomic E-state index is 12.3. The quantitative estimate of drug-likeness (QED) is 0.576. The molecule has 1 saturated carbocycles. The number of H-pyrrole nitrogens is 1. The molecule has 1 fully saturated rings. The molecule has 7 nitrogen and oxygen atoms in total. The summed E-state index contributed by atoms with van der Waals surface area (Å²) in [6.45, 7) is 0.852. The molecule has 7 heteroatoms. The zero-order valence-electron chi connectivity index (χ0n) is 14.0. The molecule has 0 saturated heterocycles. The molecule has 0 atom stereocenters. The summed E-state index contributed by atoms with van der Waals surface area (Å²) >= 11 is 0. The van der Waals surface area contributed by atoms with Crippen LogP contribution in [0.2, 0.25) is 0 Å². The summed E-state index contributed by atoms with van der Waals surface area (Å²) in [5.74, 6) is 1.82. The van der Waals surface area contributed by atoms with Gasteiger partial charge >= 0.3 is 0 Å². The van der Waals surface area contributed by atoms with Gasteiger partial charge in [-0.25, -0.2) is 4.98 Å². The van der Waals surface area contributed by atoms with Crippen LogP contribution in [0.3, 0.4) is 0 Å². The third kappa shape index (κ3) is 2.67. The SMILES string of the molecule is O=c1[nH]ccc2c1c(Nc1ccc(-c3ncco3)cc1)nn2CC1CC1. The van der Waals surface area contributed by atoms with E-state index in [1.54, 1.807) is 18.7 Å². The molecule has 0 bridgehead atoms. The van der Waals surface area contributed by atoms with E-state index in [0.29, 0.717) is 23.0 Å². The Labute approximate surface area is 148 Å². The molecular weight excluding hydrogens is 330 g/mol. The summed E-state index contributed by atoms with van der Waals surface area (Å²) in [6.07, 6.45) is 7.30. The lowest BCUT2D eigenvalue weighted by Crippen LogP contribution is -2.06. The molecule has 1 aromatic carbocycles. The molecule has 130 valence electrons. The zero-order valence-corrected chi connectivity index (χ0v) is 14.0. The van der Waals surface area contributed by atoms with Crippen LogP contribution in [0.15, 0.2) is 58.2 Å². The lowest BCUT2D eigenvalue weighted by Gasteiger charge is -2.04. The fourth-order valence-electron chi connectivity index (χ4n) is 3.11. The van der Waals surface area contributed by atoms with Gasteiger partial charge in [0.15, 0.2) is 5.82 Å². The van der Waals surface area contributed by atoms with Gasteiger partial charge in [0.1, 0.15) is 11.6 Å². The van der Waals surface area contributed by atoms with E-state index in [-0.39, 0.29) is 5.56 Å². The first-order valence-electron chi connectivity index (χ1n) is 8.63. The molecule has 0 spiro atoms. The van der Waals surface area contributed by atoms with E-state index >= 15 is 0 Å². The zero-order chi connectivity index (χ0) is 17.5. The molecule has 3 aromatic heterocycles. The second kappa shape index (κ2) is 5.87. The highest BCUT2D eigenvalue weighted by atomic mass is 16.3. The highest BCUT2D eigenvalue weighted by Gasteiger charge is 2.24. The Balaban J connectivity index is 1.50. The van der Waals surface area contributed by atoms with Crippen LogP contribution in [-0.4, -0.2) is 19.7 Å². The predicted octanol–water partition coefficient (Wildman–Crippen LogP) is 3.53. The van der Waals surface area contributed by atoms with E-state index in [4.69, 9.17) is 4.42 Å². The minimum Gasteiger partial charge on any atom is -0.445 e. The number of nitrogens with zero attached hydrogens (tertiary/aromatic N) is 3. The average molecular weight is 347 g/mol. The van der Waals surface area contributed by atoms with Crippen molar-refractivity contribution in [3.8, 4) is 11.5 Å². The minimum absolute atomic E-state index is 0.136. The van der Waals surface area contributed by atoms with E-state index in [1.165, 1.54) is 12.8 Å². The van der Waals surface area contributed by atoms with Crippen molar-refractivity contribution in [2.45, 2.75) is 19.4 Å². The molecule has 2 N–H and O–H groups in total. The van der Waals surface area contributed by atoms with E-state index in [9.17, 15) is 4.79 Å². The van der Waals surface area contributed by atoms with Crippen LogP contribution in [0.1, 0.15) is 12.8 Å². The van der Waals surface area contributed by atoms with Gasteiger partial charge in [0.2, 0.25) is 5.89 Å². The summed E-state index contributed by atoms with van der Waals surface area (Å²) in [5.41, 5.74) is 2.46. The standard InChI is InChI=1S/C19H17N5O2/c25-18-16-15(7-8-20-18)24(11-12-1-2-12)23-17(16)22-14-5-3-13(4-6-14)19-21-9-10-26-19/h3-10,12H,1-2,11H2,(H,20,25)(H,22,23). The summed E-state index contributed by atoms with van der Waals surface area (Å²) in [7, 11) is 0. The lowest BCUT2D eigenvalue weighted by atomic mass is 10.2. The molecule has 3 heterocycles. The molecule has 0 aliphatic heterocycles. The topological polar surface area (TPSA) is 88.7 Å². The molecule has 0 radical (unpaired) electrons. The van der Waals surface area contributed by atoms with E-state index in [0.717, 1.165) is 23.3 Å². The van der Waals surface area contributed by atoms with Crippen LogP contribution >= 0.6 is 0 Å². The van der Waals surface area contributed by atoms with Gasteiger partial charge in [-0.3, -0.25) is 9.48 Å². The van der Waals surface area contributed by atoms with Gasteiger partial charge in [-0.1, -0.05) is 0 Å². The Morgan fingerprint density at radius 3 is 2.81 bits per heavy atom. The van der Waals surface area contributed by atoms with E-state index in [1.807, 2.05) is 35.0 Å². The van der Waals surface area contributed by atoms with Crippen molar-refractivity contribution in [1.29, 1.82) is 0 Å². The molecule has 5 rings (SSSR count). The Morgan fingerprint density at radius 2 is 2.08 bits per heavy atom. The molecule has 1 aliphatic carbocycles. The van der Waals surface area contributed by atoms with Crippen LogP contribution < -0.4 is 10.9 Å². The van der Waals surface area contributed by atoms with Gasteiger partial charge in [-0.2, -0.15) is 5.10 Å². The predicted molar refractivity (Wildman–Crippen MR) is 98.3 cm³/mol. The second-order valence-corrected chi connectivity index (χ2v) is 6.58. The fraction of sp³-hybridized carbons (Fsp3) is 0.211. The Kier molecular flexibility index (Phi) is 3.38. The third-order valence-electron chi connectivity index (χ3n) is 4.63. The first-order chi connectivity index (χ1) is 12.8. The van der Waals surface area contributed by atoms with Gasteiger partial charge in [0, 0.05) is 24.0 Å². The van der Waals surface area contributed by atoms with Crippen molar-refractivity contribution in [1.82, 2.24) is 19.7 Å². The van der Waals surface area contributed by atoms with Crippen LogP contribution in [0.25, 0.3) is 22.4 Å². The Hall–Kier alpha value is -3.35. The van der Waals surface area contributed by atoms with E-state index in [2.05, 4.69) is 20.4 Å². The van der Waals surface area contributed by atoms with Crippen LogP contribution in [-0.2, 0) is 6.54 Å². The Bertz CT molecular complexity index is 1110. The second-order valence-electron chi connectivity index (χ2n) is 6.58. The summed E-state index contributed by atoms with van der Waals surface area (Å²) in [6, 6.07) is 9.58. The monoisotopic (exact) mass is 347 g/mol.